The molecule has 0 aliphatic heterocycles. The van der Waals surface area contributed by atoms with Crippen LogP contribution in [0.1, 0.15) is 10.4 Å². The van der Waals surface area contributed by atoms with Gasteiger partial charge in [0.05, 0.1) is 6.54 Å². The summed E-state index contributed by atoms with van der Waals surface area (Å²) >= 11 is 1.59. The number of rotatable bonds is 6. The number of thiophene rings is 1. The third-order valence-electron chi connectivity index (χ3n) is 2.67. The molecule has 0 radical (unpaired) electrons. The second-order valence-electron chi connectivity index (χ2n) is 4.15. The lowest BCUT2D eigenvalue weighted by Crippen LogP contribution is -2.28. The molecule has 6 nitrogen and oxygen atoms in total. The zero-order chi connectivity index (χ0) is 15.1. The highest BCUT2D eigenvalue weighted by Crippen LogP contribution is 2.12. The van der Waals surface area contributed by atoms with Crippen molar-refractivity contribution in [1.29, 1.82) is 0 Å². The number of hydrogen-bond donors (Lipinski definition) is 3. The number of carbonyl (C=O) groups excluding carboxylic acids is 1. The topological polar surface area (TPSA) is 96.9 Å². The first kappa shape index (κ1) is 14.9. The molecule has 4 N–H and O–H groups in total. The fourth-order valence-corrected chi connectivity index (χ4v) is 2.22. The van der Waals surface area contributed by atoms with Crippen LogP contribution in [-0.2, 0) is 11.3 Å². The van der Waals surface area contributed by atoms with Crippen molar-refractivity contribution >= 4 is 23.1 Å². The Balaban J connectivity index is 1.78. The second-order valence-corrected chi connectivity index (χ2v) is 5.19. The van der Waals surface area contributed by atoms with Gasteiger partial charge in [-0.15, -0.1) is 11.3 Å². The summed E-state index contributed by atoms with van der Waals surface area (Å²) in [6, 6.07) is 10.5. The summed E-state index contributed by atoms with van der Waals surface area (Å²) in [4.78, 5) is 12.7. The number of amidine groups is 1. The Morgan fingerprint density at radius 1 is 1.33 bits per heavy atom. The fourth-order valence-electron chi connectivity index (χ4n) is 1.58. The Morgan fingerprint density at radius 3 is 2.71 bits per heavy atom. The summed E-state index contributed by atoms with van der Waals surface area (Å²) in [6.45, 7) is 0.441. The molecule has 1 heterocycles. The zero-order valence-electron chi connectivity index (χ0n) is 11.2. The summed E-state index contributed by atoms with van der Waals surface area (Å²) in [5.41, 5.74) is 6.02. The van der Waals surface area contributed by atoms with Crippen LogP contribution >= 0.6 is 11.3 Å². The minimum absolute atomic E-state index is 0.0234. The van der Waals surface area contributed by atoms with E-state index >= 15 is 0 Å². The van der Waals surface area contributed by atoms with E-state index in [1.54, 1.807) is 35.6 Å². The standard InChI is InChI=1S/C14H15N3O3S/c15-14(17-19)10-3-5-11(6-4-10)20-9-13(18)16-8-12-2-1-7-21-12/h1-7,19H,8-9H2,(H2,15,17)(H,16,18). The summed E-state index contributed by atoms with van der Waals surface area (Å²) in [5, 5.41) is 16.2. The van der Waals surface area contributed by atoms with Gasteiger partial charge in [0.2, 0.25) is 0 Å². The maximum atomic E-state index is 11.6. The molecule has 0 aliphatic carbocycles. The first-order valence-corrected chi connectivity index (χ1v) is 7.07. The first-order valence-electron chi connectivity index (χ1n) is 6.19. The molecule has 1 aromatic carbocycles. The van der Waals surface area contributed by atoms with Crippen molar-refractivity contribution < 1.29 is 14.7 Å². The van der Waals surface area contributed by atoms with Gasteiger partial charge in [-0.2, -0.15) is 0 Å². The second kappa shape index (κ2) is 7.30. The average molecular weight is 305 g/mol. The highest BCUT2D eigenvalue weighted by Gasteiger charge is 2.04. The van der Waals surface area contributed by atoms with Gasteiger partial charge in [0.25, 0.3) is 5.91 Å². The molecule has 2 aromatic rings. The highest BCUT2D eigenvalue weighted by atomic mass is 32.1. The van der Waals surface area contributed by atoms with E-state index in [2.05, 4.69) is 10.5 Å². The Hall–Kier alpha value is -2.54. The Kier molecular flexibility index (Phi) is 5.16. The van der Waals surface area contributed by atoms with Crippen LogP contribution in [0.5, 0.6) is 5.75 Å². The summed E-state index contributed by atoms with van der Waals surface area (Å²) in [7, 11) is 0. The van der Waals surface area contributed by atoms with E-state index in [-0.39, 0.29) is 18.3 Å². The van der Waals surface area contributed by atoms with Gasteiger partial charge >= 0.3 is 0 Å². The van der Waals surface area contributed by atoms with E-state index in [0.717, 1.165) is 4.88 Å². The predicted octanol–water partition coefficient (Wildman–Crippen LogP) is 1.54. The molecule has 1 aromatic heterocycles. The van der Waals surface area contributed by atoms with Gasteiger partial charge in [-0.3, -0.25) is 4.79 Å². The minimum Gasteiger partial charge on any atom is -0.484 e. The summed E-state index contributed by atoms with van der Waals surface area (Å²) in [5.74, 6) is 0.370. The number of carbonyl (C=O) groups is 1. The Labute approximate surface area is 125 Å². The maximum Gasteiger partial charge on any atom is 0.258 e. The van der Waals surface area contributed by atoms with Crippen LogP contribution in [-0.4, -0.2) is 23.6 Å². The number of amides is 1. The lowest BCUT2D eigenvalue weighted by atomic mass is 10.2. The number of ether oxygens (including phenoxy) is 1. The van der Waals surface area contributed by atoms with Crippen molar-refractivity contribution in [1.82, 2.24) is 5.32 Å². The summed E-state index contributed by atoms with van der Waals surface area (Å²) in [6.07, 6.45) is 0. The molecule has 0 aliphatic rings. The molecular weight excluding hydrogens is 290 g/mol. The number of nitrogens with zero attached hydrogens (tertiary/aromatic N) is 1. The SMILES string of the molecule is N/C(=N\O)c1ccc(OCC(=O)NCc2cccs2)cc1. The molecule has 0 spiro atoms. The van der Waals surface area contributed by atoms with Gasteiger partial charge in [-0.25, -0.2) is 0 Å². The maximum absolute atomic E-state index is 11.6. The van der Waals surface area contributed by atoms with E-state index in [9.17, 15) is 4.79 Å². The van der Waals surface area contributed by atoms with Crippen molar-refractivity contribution in [3.8, 4) is 5.75 Å². The molecule has 7 heteroatoms. The number of benzene rings is 1. The van der Waals surface area contributed by atoms with Gasteiger partial charge in [-0.1, -0.05) is 11.2 Å². The average Bonchev–Trinajstić information content (AvgIpc) is 3.04. The van der Waals surface area contributed by atoms with Crippen molar-refractivity contribution in [2.75, 3.05) is 6.61 Å². The first-order chi connectivity index (χ1) is 10.2. The van der Waals surface area contributed by atoms with E-state index in [1.807, 2.05) is 17.5 Å². The van der Waals surface area contributed by atoms with Crippen molar-refractivity contribution in [2.24, 2.45) is 10.9 Å². The van der Waals surface area contributed by atoms with Gasteiger partial charge < -0.3 is 21.0 Å². The van der Waals surface area contributed by atoms with Crippen LogP contribution in [0.4, 0.5) is 0 Å². The van der Waals surface area contributed by atoms with Crippen molar-refractivity contribution in [3.63, 3.8) is 0 Å². The van der Waals surface area contributed by atoms with Crippen LogP contribution in [0.3, 0.4) is 0 Å². The number of nitrogens with two attached hydrogens (primary N) is 1. The molecule has 0 saturated heterocycles. The lowest BCUT2D eigenvalue weighted by Gasteiger charge is -2.07. The number of oxime groups is 1. The molecule has 0 bridgehead atoms. The van der Waals surface area contributed by atoms with E-state index in [1.165, 1.54) is 0 Å². The van der Waals surface area contributed by atoms with E-state index in [4.69, 9.17) is 15.7 Å². The zero-order valence-corrected chi connectivity index (χ0v) is 12.0. The molecule has 0 unspecified atom stereocenters. The highest BCUT2D eigenvalue weighted by molar-refractivity contribution is 7.09. The number of nitrogens with one attached hydrogen (secondary N) is 1. The number of hydrogen-bond acceptors (Lipinski definition) is 5. The lowest BCUT2D eigenvalue weighted by molar-refractivity contribution is -0.123. The normalized spacial score (nSPS) is 11.1. The third kappa shape index (κ3) is 4.50. The van der Waals surface area contributed by atoms with Crippen LogP contribution in [0.2, 0.25) is 0 Å². The predicted molar refractivity (Wildman–Crippen MR) is 80.6 cm³/mol. The van der Waals surface area contributed by atoms with E-state index in [0.29, 0.717) is 17.9 Å². The van der Waals surface area contributed by atoms with Gasteiger partial charge in [0.1, 0.15) is 5.75 Å². The van der Waals surface area contributed by atoms with Gasteiger partial charge in [0, 0.05) is 10.4 Å². The fraction of sp³-hybridized carbons (Fsp3) is 0.143. The largest absolute Gasteiger partial charge is 0.484 e. The van der Waals surface area contributed by atoms with Gasteiger partial charge in [-0.05, 0) is 35.7 Å². The molecule has 110 valence electrons. The van der Waals surface area contributed by atoms with E-state index < -0.39 is 0 Å². The molecule has 2 rings (SSSR count). The van der Waals surface area contributed by atoms with Crippen molar-refractivity contribution in [2.45, 2.75) is 6.54 Å². The third-order valence-corrected chi connectivity index (χ3v) is 3.54. The Morgan fingerprint density at radius 2 is 2.10 bits per heavy atom. The van der Waals surface area contributed by atoms with Crippen LogP contribution in [0.15, 0.2) is 46.9 Å². The molecule has 0 saturated carbocycles. The van der Waals surface area contributed by atoms with Crippen LogP contribution < -0.4 is 15.8 Å². The molecule has 21 heavy (non-hydrogen) atoms. The molecule has 0 atom stereocenters. The minimum atomic E-state index is -0.191. The van der Waals surface area contributed by atoms with Gasteiger partial charge in [0.15, 0.2) is 12.4 Å². The van der Waals surface area contributed by atoms with Crippen molar-refractivity contribution in [3.05, 3.63) is 52.2 Å². The summed E-state index contributed by atoms with van der Waals surface area (Å²) < 4.78 is 5.35. The monoisotopic (exact) mass is 305 g/mol. The molecular formula is C14H15N3O3S. The van der Waals surface area contributed by atoms with Crippen LogP contribution in [0.25, 0.3) is 0 Å². The molecule has 1 amide bonds. The molecule has 0 fully saturated rings. The quantitative estimate of drug-likeness (QED) is 0.326. The van der Waals surface area contributed by atoms with Crippen LogP contribution in [0, 0.1) is 0 Å². The Bertz CT molecular complexity index is 609. The smallest absolute Gasteiger partial charge is 0.258 e.